The fourth-order valence-corrected chi connectivity index (χ4v) is 3.23. The zero-order valence-corrected chi connectivity index (χ0v) is 11.1. The van der Waals surface area contributed by atoms with Crippen molar-refractivity contribution in [3.8, 4) is 0 Å². The predicted octanol–water partition coefficient (Wildman–Crippen LogP) is 1.39. The molecule has 1 aromatic rings. The number of hydrogen-bond donors (Lipinski definition) is 2. The highest BCUT2D eigenvalue weighted by atomic mass is 32.2. The van der Waals surface area contributed by atoms with Crippen LogP contribution in [0.1, 0.15) is 19.3 Å². The molecule has 1 unspecified atom stereocenters. The molecule has 1 aliphatic rings. The SMILES string of the molecule is O=S(=O)(NCCC1CCCN1)c1cc(F)cc(F)c1. The van der Waals surface area contributed by atoms with Crippen molar-refractivity contribution in [2.45, 2.75) is 30.2 Å². The van der Waals surface area contributed by atoms with Crippen molar-refractivity contribution >= 4 is 10.0 Å². The van der Waals surface area contributed by atoms with Gasteiger partial charge in [-0.1, -0.05) is 0 Å². The van der Waals surface area contributed by atoms with Crippen molar-refractivity contribution < 1.29 is 17.2 Å². The van der Waals surface area contributed by atoms with Gasteiger partial charge in [0.05, 0.1) is 4.90 Å². The average molecular weight is 290 g/mol. The molecule has 1 saturated heterocycles. The van der Waals surface area contributed by atoms with Crippen LogP contribution in [0.3, 0.4) is 0 Å². The van der Waals surface area contributed by atoms with Gasteiger partial charge in [-0.25, -0.2) is 21.9 Å². The van der Waals surface area contributed by atoms with Crippen molar-refractivity contribution in [2.24, 2.45) is 0 Å². The molecular formula is C12H16F2N2O2S. The summed E-state index contributed by atoms with van der Waals surface area (Å²) >= 11 is 0. The van der Waals surface area contributed by atoms with E-state index in [9.17, 15) is 17.2 Å². The van der Waals surface area contributed by atoms with E-state index in [1.54, 1.807) is 0 Å². The van der Waals surface area contributed by atoms with Crippen LogP contribution in [0.2, 0.25) is 0 Å². The van der Waals surface area contributed by atoms with Gasteiger partial charge in [0.25, 0.3) is 0 Å². The van der Waals surface area contributed by atoms with Crippen molar-refractivity contribution in [1.82, 2.24) is 10.0 Å². The standard InChI is InChI=1S/C12H16F2N2O2S/c13-9-6-10(14)8-12(7-9)19(17,18)16-5-3-11-2-1-4-15-11/h6-8,11,15-16H,1-5H2. The Morgan fingerprint density at radius 3 is 2.53 bits per heavy atom. The van der Waals surface area contributed by atoms with Crippen LogP contribution in [0.5, 0.6) is 0 Å². The molecule has 7 heteroatoms. The first-order valence-electron chi connectivity index (χ1n) is 6.16. The number of rotatable bonds is 5. The fraction of sp³-hybridized carbons (Fsp3) is 0.500. The average Bonchev–Trinajstić information content (AvgIpc) is 2.80. The Morgan fingerprint density at radius 2 is 1.95 bits per heavy atom. The molecule has 1 aliphatic heterocycles. The number of hydrogen-bond acceptors (Lipinski definition) is 3. The lowest BCUT2D eigenvalue weighted by molar-refractivity contribution is 0.536. The van der Waals surface area contributed by atoms with Crippen molar-refractivity contribution in [3.63, 3.8) is 0 Å². The summed E-state index contributed by atoms with van der Waals surface area (Å²) < 4.78 is 52.0. The maximum atomic E-state index is 13.0. The molecule has 0 saturated carbocycles. The molecule has 0 aromatic heterocycles. The van der Waals surface area contributed by atoms with E-state index < -0.39 is 21.7 Å². The van der Waals surface area contributed by atoms with Gasteiger partial charge in [-0.2, -0.15) is 0 Å². The van der Waals surface area contributed by atoms with Gasteiger partial charge in [0.1, 0.15) is 11.6 Å². The van der Waals surface area contributed by atoms with E-state index in [4.69, 9.17) is 0 Å². The van der Waals surface area contributed by atoms with Crippen LogP contribution in [-0.4, -0.2) is 27.5 Å². The summed E-state index contributed by atoms with van der Waals surface area (Å²) in [7, 11) is -3.85. The summed E-state index contributed by atoms with van der Waals surface area (Å²) in [5.41, 5.74) is 0. The highest BCUT2D eigenvalue weighted by Crippen LogP contribution is 2.14. The highest BCUT2D eigenvalue weighted by Gasteiger charge is 2.18. The number of sulfonamides is 1. The van der Waals surface area contributed by atoms with Gasteiger partial charge in [0, 0.05) is 18.7 Å². The summed E-state index contributed by atoms with van der Waals surface area (Å²) in [6, 6.07) is 2.56. The molecule has 1 fully saturated rings. The van der Waals surface area contributed by atoms with Crippen LogP contribution in [0, 0.1) is 11.6 Å². The van der Waals surface area contributed by atoms with Crippen LogP contribution in [-0.2, 0) is 10.0 Å². The maximum absolute atomic E-state index is 13.0. The van der Waals surface area contributed by atoms with Gasteiger partial charge < -0.3 is 5.32 Å². The number of benzene rings is 1. The van der Waals surface area contributed by atoms with E-state index in [1.165, 1.54) is 0 Å². The Morgan fingerprint density at radius 1 is 1.26 bits per heavy atom. The first-order valence-corrected chi connectivity index (χ1v) is 7.65. The van der Waals surface area contributed by atoms with Crippen LogP contribution in [0.15, 0.2) is 23.1 Å². The second-order valence-electron chi connectivity index (χ2n) is 4.58. The topological polar surface area (TPSA) is 58.2 Å². The second-order valence-corrected chi connectivity index (χ2v) is 6.35. The molecule has 0 spiro atoms. The number of nitrogens with one attached hydrogen (secondary N) is 2. The zero-order valence-electron chi connectivity index (χ0n) is 10.3. The predicted molar refractivity (Wildman–Crippen MR) is 67.2 cm³/mol. The highest BCUT2D eigenvalue weighted by molar-refractivity contribution is 7.89. The van der Waals surface area contributed by atoms with Gasteiger partial charge in [0.15, 0.2) is 0 Å². The monoisotopic (exact) mass is 290 g/mol. The van der Waals surface area contributed by atoms with E-state index in [2.05, 4.69) is 10.0 Å². The Hall–Kier alpha value is -1.05. The van der Waals surface area contributed by atoms with Gasteiger partial charge in [0.2, 0.25) is 10.0 Å². The van der Waals surface area contributed by atoms with Crippen LogP contribution in [0.25, 0.3) is 0 Å². The van der Waals surface area contributed by atoms with E-state index >= 15 is 0 Å². The Kier molecular flexibility index (Phi) is 4.49. The third-order valence-corrected chi connectivity index (χ3v) is 4.53. The molecule has 0 aliphatic carbocycles. The lowest BCUT2D eigenvalue weighted by atomic mass is 10.2. The molecule has 1 aromatic carbocycles. The summed E-state index contributed by atoms with van der Waals surface area (Å²) in [5.74, 6) is -1.81. The first-order chi connectivity index (χ1) is 8.97. The Labute approximate surface area is 111 Å². The zero-order chi connectivity index (χ0) is 13.9. The lowest BCUT2D eigenvalue weighted by Gasteiger charge is -2.11. The molecule has 1 heterocycles. The summed E-state index contributed by atoms with van der Waals surface area (Å²) in [6.45, 7) is 1.20. The van der Waals surface area contributed by atoms with Gasteiger partial charge in [-0.3, -0.25) is 0 Å². The quantitative estimate of drug-likeness (QED) is 0.861. The minimum absolute atomic E-state index is 0.248. The van der Waals surface area contributed by atoms with Gasteiger partial charge in [-0.05, 0) is 37.9 Å². The molecule has 0 amide bonds. The van der Waals surface area contributed by atoms with Gasteiger partial charge >= 0.3 is 0 Å². The minimum atomic E-state index is -3.85. The molecular weight excluding hydrogens is 274 g/mol. The smallest absolute Gasteiger partial charge is 0.240 e. The molecule has 0 radical (unpaired) electrons. The summed E-state index contributed by atoms with van der Waals surface area (Å²) in [4.78, 5) is -0.385. The van der Waals surface area contributed by atoms with Crippen molar-refractivity contribution in [1.29, 1.82) is 0 Å². The fourth-order valence-electron chi connectivity index (χ4n) is 2.14. The summed E-state index contributed by atoms with van der Waals surface area (Å²) in [6.07, 6.45) is 2.78. The normalized spacial score (nSPS) is 19.8. The van der Waals surface area contributed by atoms with E-state index in [0.29, 0.717) is 18.5 Å². The minimum Gasteiger partial charge on any atom is -0.314 e. The third kappa shape index (κ3) is 3.95. The van der Waals surface area contributed by atoms with E-state index in [1.807, 2.05) is 0 Å². The molecule has 19 heavy (non-hydrogen) atoms. The van der Waals surface area contributed by atoms with E-state index in [-0.39, 0.29) is 11.4 Å². The molecule has 106 valence electrons. The second kappa shape index (κ2) is 5.94. The van der Waals surface area contributed by atoms with Crippen LogP contribution in [0.4, 0.5) is 8.78 Å². The van der Waals surface area contributed by atoms with Crippen molar-refractivity contribution in [3.05, 3.63) is 29.8 Å². The molecule has 2 N–H and O–H groups in total. The Bertz CT molecular complexity index is 522. The largest absolute Gasteiger partial charge is 0.314 e. The van der Waals surface area contributed by atoms with Crippen LogP contribution < -0.4 is 10.0 Å². The molecule has 4 nitrogen and oxygen atoms in total. The third-order valence-electron chi connectivity index (χ3n) is 3.09. The number of halogens is 2. The van der Waals surface area contributed by atoms with Crippen LogP contribution >= 0.6 is 0 Å². The Balaban J connectivity index is 1.97. The molecule has 0 bridgehead atoms. The maximum Gasteiger partial charge on any atom is 0.240 e. The molecule has 2 rings (SSSR count). The van der Waals surface area contributed by atoms with Gasteiger partial charge in [-0.15, -0.1) is 0 Å². The first kappa shape index (κ1) is 14.4. The van der Waals surface area contributed by atoms with Crippen molar-refractivity contribution in [2.75, 3.05) is 13.1 Å². The van der Waals surface area contributed by atoms with E-state index in [0.717, 1.165) is 31.5 Å². The summed E-state index contributed by atoms with van der Waals surface area (Å²) in [5, 5.41) is 3.25. The lowest BCUT2D eigenvalue weighted by Crippen LogP contribution is -2.30. The molecule has 1 atom stereocenters.